The standard InChI is InChI=1S/C16H21NO5P2/c18-12-11-17(13-23(19,20)15-7-3-1-4-8-15)14-24(21,22)16-9-5-2-6-10-16/h1-10,18H,11-14H2,(H,19,20)(H,21,22). The quantitative estimate of drug-likeness (QED) is 0.609. The van der Waals surface area contributed by atoms with E-state index in [4.69, 9.17) is 0 Å². The van der Waals surface area contributed by atoms with Gasteiger partial charge in [-0.15, -0.1) is 0 Å². The van der Waals surface area contributed by atoms with Crippen molar-refractivity contribution in [2.45, 2.75) is 0 Å². The number of rotatable bonds is 8. The summed E-state index contributed by atoms with van der Waals surface area (Å²) in [6.07, 6.45) is -0.593. The first-order valence-electron chi connectivity index (χ1n) is 7.43. The van der Waals surface area contributed by atoms with Gasteiger partial charge in [-0.25, -0.2) is 0 Å². The molecule has 6 nitrogen and oxygen atoms in total. The van der Waals surface area contributed by atoms with E-state index in [2.05, 4.69) is 0 Å². The molecule has 3 N–H and O–H groups in total. The van der Waals surface area contributed by atoms with Crippen molar-refractivity contribution in [1.82, 2.24) is 4.90 Å². The second-order valence-corrected chi connectivity index (χ2v) is 9.88. The highest BCUT2D eigenvalue weighted by Gasteiger charge is 2.30. The van der Waals surface area contributed by atoms with Crippen LogP contribution in [-0.4, -0.2) is 45.5 Å². The minimum Gasteiger partial charge on any atom is -0.395 e. The zero-order chi connectivity index (χ0) is 17.6. The molecular weight excluding hydrogens is 348 g/mol. The van der Waals surface area contributed by atoms with Crippen molar-refractivity contribution in [2.24, 2.45) is 0 Å². The van der Waals surface area contributed by atoms with Gasteiger partial charge in [0.15, 0.2) is 0 Å². The summed E-state index contributed by atoms with van der Waals surface area (Å²) in [7, 11) is -7.45. The molecule has 0 spiro atoms. The molecule has 2 rings (SSSR count). The topological polar surface area (TPSA) is 98.1 Å². The number of aliphatic hydroxyl groups is 1. The smallest absolute Gasteiger partial charge is 0.243 e. The largest absolute Gasteiger partial charge is 0.395 e. The Kier molecular flexibility index (Phi) is 6.53. The van der Waals surface area contributed by atoms with E-state index < -0.39 is 14.7 Å². The molecule has 0 radical (unpaired) electrons. The molecule has 0 aliphatic heterocycles. The molecule has 2 atom stereocenters. The SMILES string of the molecule is O=P(O)(CN(CCO)CP(=O)(O)c1ccccc1)c1ccccc1. The minimum absolute atomic E-state index is 0.0365. The number of hydrogen-bond acceptors (Lipinski definition) is 4. The number of nitrogens with zero attached hydrogens (tertiary/aromatic N) is 1. The van der Waals surface area contributed by atoms with Crippen LogP contribution in [0.5, 0.6) is 0 Å². The molecule has 0 aromatic heterocycles. The second-order valence-electron chi connectivity index (χ2n) is 5.48. The lowest BCUT2D eigenvalue weighted by Gasteiger charge is -2.26. The van der Waals surface area contributed by atoms with Crippen LogP contribution in [0.15, 0.2) is 60.7 Å². The van der Waals surface area contributed by atoms with E-state index >= 15 is 0 Å². The maximum Gasteiger partial charge on any atom is 0.243 e. The molecule has 0 saturated carbocycles. The number of benzene rings is 2. The van der Waals surface area contributed by atoms with Crippen molar-refractivity contribution >= 4 is 25.3 Å². The van der Waals surface area contributed by atoms with Gasteiger partial charge in [-0.1, -0.05) is 36.4 Å². The summed E-state index contributed by atoms with van der Waals surface area (Å²) in [5.74, 6) is 0. The first-order chi connectivity index (χ1) is 11.3. The highest BCUT2D eigenvalue weighted by Crippen LogP contribution is 2.44. The van der Waals surface area contributed by atoms with E-state index in [0.717, 1.165) is 0 Å². The number of aliphatic hydroxyl groups excluding tert-OH is 1. The van der Waals surface area contributed by atoms with Crippen molar-refractivity contribution in [3.05, 3.63) is 60.7 Å². The highest BCUT2D eigenvalue weighted by atomic mass is 31.2. The highest BCUT2D eigenvalue weighted by molar-refractivity contribution is 7.67. The Morgan fingerprint density at radius 2 is 1.12 bits per heavy atom. The van der Waals surface area contributed by atoms with Gasteiger partial charge < -0.3 is 14.9 Å². The molecule has 0 heterocycles. The van der Waals surface area contributed by atoms with Gasteiger partial charge in [0.2, 0.25) is 14.7 Å². The van der Waals surface area contributed by atoms with Gasteiger partial charge in [0, 0.05) is 17.2 Å². The van der Waals surface area contributed by atoms with E-state index in [9.17, 15) is 24.0 Å². The molecular formula is C16H21NO5P2. The maximum absolute atomic E-state index is 12.6. The Hall–Kier alpha value is -1.26. The average Bonchev–Trinajstić information content (AvgIpc) is 2.56. The molecule has 0 fully saturated rings. The normalized spacial score (nSPS) is 16.5. The zero-order valence-corrected chi connectivity index (χ0v) is 14.9. The van der Waals surface area contributed by atoms with E-state index in [-0.39, 0.29) is 36.3 Å². The molecule has 2 aromatic carbocycles. The number of hydrogen-bond donors (Lipinski definition) is 3. The van der Waals surface area contributed by atoms with Gasteiger partial charge in [-0.05, 0) is 24.3 Å². The zero-order valence-electron chi connectivity index (χ0n) is 13.1. The van der Waals surface area contributed by atoms with Gasteiger partial charge in [0.25, 0.3) is 0 Å². The van der Waals surface area contributed by atoms with Crippen LogP contribution in [0.25, 0.3) is 0 Å². The van der Waals surface area contributed by atoms with E-state index in [0.29, 0.717) is 0 Å². The lowest BCUT2D eigenvalue weighted by molar-refractivity contribution is 0.225. The summed E-state index contributed by atoms with van der Waals surface area (Å²) in [6.45, 7) is -0.238. The van der Waals surface area contributed by atoms with Crippen LogP contribution in [0.3, 0.4) is 0 Å². The van der Waals surface area contributed by atoms with E-state index in [1.807, 2.05) is 0 Å². The van der Waals surface area contributed by atoms with E-state index in [1.165, 1.54) is 4.90 Å². The van der Waals surface area contributed by atoms with Gasteiger partial charge in [-0.2, -0.15) is 0 Å². The van der Waals surface area contributed by atoms with Crippen LogP contribution >= 0.6 is 14.7 Å². The van der Waals surface area contributed by atoms with Gasteiger partial charge in [0.1, 0.15) is 0 Å². The maximum atomic E-state index is 12.6. The third-order valence-corrected chi connectivity index (χ3v) is 7.30. The van der Waals surface area contributed by atoms with Gasteiger partial charge in [0.05, 0.1) is 19.2 Å². The fourth-order valence-electron chi connectivity index (χ4n) is 2.35. The van der Waals surface area contributed by atoms with Crippen LogP contribution in [0.2, 0.25) is 0 Å². The predicted octanol–water partition coefficient (Wildman–Crippen LogP) is 1.39. The van der Waals surface area contributed by atoms with Crippen molar-refractivity contribution in [3.63, 3.8) is 0 Å². The molecule has 130 valence electrons. The summed E-state index contributed by atoms with van der Waals surface area (Å²) in [5, 5.41) is 9.74. The molecule has 0 aliphatic rings. The molecule has 2 aromatic rings. The molecule has 24 heavy (non-hydrogen) atoms. The first kappa shape index (κ1) is 19.1. The van der Waals surface area contributed by atoms with Crippen LogP contribution in [0, 0.1) is 0 Å². The van der Waals surface area contributed by atoms with Crippen LogP contribution in [0.4, 0.5) is 0 Å². The predicted molar refractivity (Wildman–Crippen MR) is 95.3 cm³/mol. The van der Waals surface area contributed by atoms with Crippen LogP contribution in [0.1, 0.15) is 0 Å². The minimum atomic E-state index is -3.73. The summed E-state index contributed by atoms with van der Waals surface area (Å²) < 4.78 is 25.2. The van der Waals surface area contributed by atoms with Crippen LogP contribution < -0.4 is 10.6 Å². The monoisotopic (exact) mass is 369 g/mol. The summed E-state index contributed by atoms with van der Waals surface area (Å²) >= 11 is 0. The van der Waals surface area contributed by atoms with Crippen molar-refractivity contribution in [2.75, 3.05) is 25.7 Å². The molecule has 0 saturated heterocycles. The van der Waals surface area contributed by atoms with Crippen molar-refractivity contribution in [1.29, 1.82) is 0 Å². The Balaban J connectivity index is 2.18. The lowest BCUT2D eigenvalue weighted by Crippen LogP contribution is -2.32. The van der Waals surface area contributed by atoms with Crippen molar-refractivity contribution in [3.8, 4) is 0 Å². The lowest BCUT2D eigenvalue weighted by atomic mass is 10.4. The molecule has 8 heteroatoms. The van der Waals surface area contributed by atoms with Crippen LogP contribution in [-0.2, 0) is 9.13 Å². The second kappa shape index (κ2) is 8.21. The summed E-state index contributed by atoms with van der Waals surface area (Å²) in [6, 6.07) is 16.3. The third kappa shape index (κ3) is 5.12. The fraction of sp³-hybridized carbons (Fsp3) is 0.250. The summed E-state index contributed by atoms with van der Waals surface area (Å²) in [5.41, 5.74) is 0. The first-order valence-corrected chi connectivity index (χ1v) is 11.1. The Labute approximate surface area is 141 Å². The van der Waals surface area contributed by atoms with Gasteiger partial charge >= 0.3 is 0 Å². The molecule has 0 aliphatic carbocycles. The Bertz CT molecular complexity index is 677. The molecule has 0 amide bonds. The molecule has 0 bridgehead atoms. The average molecular weight is 369 g/mol. The Morgan fingerprint density at radius 3 is 1.46 bits per heavy atom. The van der Waals surface area contributed by atoms with E-state index in [1.54, 1.807) is 60.7 Å². The fourth-order valence-corrected chi connectivity index (χ4v) is 5.68. The third-order valence-electron chi connectivity index (χ3n) is 3.52. The van der Waals surface area contributed by atoms with Gasteiger partial charge in [-0.3, -0.25) is 14.0 Å². The Morgan fingerprint density at radius 1 is 0.750 bits per heavy atom. The summed E-state index contributed by atoms with van der Waals surface area (Å²) in [4.78, 5) is 22.0. The van der Waals surface area contributed by atoms with Crippen molar-refractivity contribution < 1.29 is 24.0 Å². The molecule has 2 unspecified atom stereocenters.